The second-order valence-electron chi connectivity index (χ2n) is 8.96. The van der Waals surface area contributed by atoms with Gasteiger partial charge >= 0.3 is 0 Å². The van der Waals surface area contributed by atoms with Gasteiger partial charge < -0.3 is 9.88 Å². The molecule has 0 saturated carbocycles. The maximum absolute atomic E-state index is 12.7. The van der Waals surface area contributed by atoms with Crippen molar-refractivity contribution < 1.29 is 0 Å². The minimum Gasteiger partial charge on any atom is -0.370 e. The van der Waals surface area contributed by atoms with Crippen molar-refractivity contribution in [2.45, 2.75) is 64.2 Å². The second-order valence-corrected chi connectivity index (χ2v) is 8.96. The van der Waals surface area contributed by atoms with Crippen LogP contribution in [0.2, 0.25) is 0 Å². The Labute approximate surface area is 154 Å². The first-order valence-corrected chi connectivity index (χ1v) is 9.60. The van der Waals surface area contributed by atoms with E-state index in [-0.39, 0.29) is 16.4 Å². The Balaban J connectivity index is 1.77. The van der Waals surface area contributed by atoms with Crippen LogP contribution in [-0.4, -0.2) is 28.0 Å². The summed E-state index contributed by atoms with van der Waals surface area (Å²) in [6, 6.07) is 2.11. The molecule has 0 aromatic carbocycles. The Morgan fingerprint density at radius 3 is 2.81 bits per heavy atom. The van der Waals surface area contributed by atoms with Crippen molar-refractivity contribution in [2.75, 3.05) is 18.0 Å². The van der Waals surface area contributed by atoms with E-state index >= 15 is 0 Å². The molecule has 1 atom stereocenters. The van der Waals surface area contributed by atoms with Crippen LogP contribution in [-0.2, 0) is 17.3 Å². The number of H-pyrrole nitrogens is 1. The van der Waals surface area contributed by atoms with Crippen molar-refractivity contribution in [1.82, 2.24) is 15.0 Å². The summed E-state index contributed by atoms with van der Waals surface area (Å²) in [5, 5.41) is 0. The Hall–Kier alpha value is -2.17. The van der Waals surface area contributed by atoms with Crippen molar-refractivity contribution in [3.63, 3.8) is 0 Å². The quantitative estimate of drug-likeness (QED) is 0.856. The van der Waals surface area contributed by atoms with E-state index in [1.165, 1.54) is 11.3 Å². The zero-order valence-corrected chi connectivity index (χ0v) is 16.2. The van der Waals surface area contributed by atoms with Gasteiger partial charge in [-0.15, -0.1) is 0 Å². The van der Waals surface area contributed by atoms with Gasteiger partial charge in [0.1, 0.15) is 5.82 Å². The molecule has 2 aromatic heterocycles. The Morgan fingerprint density at radius 2 is 2.08 bits per heavy atom. The largest absolute Gasteiger partial charge is 0.370 e. The van der Waals surface area contributed by atoms with Crippen molar-refractivity contribution >= 4 is 5.69 Å². The second kappa shape index (κ2) is 5.93. The van der Waals surface area contributed by atoms with Crippen molar-refractivity contribution in [3.8, 4) is 0 Å². The van der Waals surface area contributed by atoms with Crippen LogP contribution in [0.25, 0.3) is 0 Å². The fourth-order valence-corrected chi connectivity index (χ4v) is 4.56. The first kappa shape index (κ1) is 17.3. The molecule has 26 heavy (non-hydrogen) atoms. The topological polar surface area (TPSA) is 61.9 Å². The molecule has 1 N–H and O–H groups in total. The smallest absolute Gasteiger partial charge is 0.254 e. The molecule has 1 unspecified atom stereocenters. The number of aryl methyl sites for hydroxylation is 1. The number of piperidine rings is 1. The maximum atomic E-state index is 12.7. The Kier molecular flexibility index (Phi) is 3.94. The van der Waals surface area contributed by atoms with E-state index < -0.39 is 0 Å². The average Bonchev–Trinajstić information content (AvgIpc) is 2.93. The number of pyridine rings is 1. The molecule has 1 aliphatic carbocycles. The third kappa shape index (κ3) is 2.74. The lowest BCUT2D eigenvalue weighted by Gasteiger charge is -2.42. The molecule has 0 radical (unpaired) electrons. The van der Waals surface area contributed by atoms with Crippen molar-refractivity contribution in [3.05, 3.63) is 51.5 Å². The highest BCUT2D eigenvalue weighted by atomic mass is 16.1. The number of nitrogens with zero attached hydrogens (tertiary/aromatic N) is 3. The minimum absolute atomic E-state index is 0.00243. The fraction of sp³-hybridized carbons (Fsp3) is 0.571. The number of anilines is 1. The van der Waals surface area contributed by atoms with Crippen LogP contribution in [0.3, 0.4) is 0 Å². The van der Waals surface area contributed by atoms with Gasteiger partial charge in [0.15, 0.2) is 0 Å². The van der Waals surface area contributed by atoms with Crippen LogP contribution in [0.1, 0.15) is 62.7 Å². The number of rotatable bonds is 1. The summed E-state index contributed by atoms with van der Waals surface area (Å²) in [6.07, 6.45) is 7.89. The zero-order chi connectivity index (χ0) is 18.5. The summed E-state index contributed by atoms with van der Waals surface area (Å²) in [7, 11) is 0. The van der Waals surface area contributed by atoms with Crippen molar-refractivity contribution in [1.29, 1.82) is 0 Å². The monoisotopic (exact) mass is 352 g/mol. The highest BCUT2D eigenvalue weighted by Gasteiger charge is 2.45. The highest BCUT2D eigenvalue weighted by Crippen LogP contribution is 2.44. The fourth-order valence-electron chi connectivity index (χ4n) is 4.56. The molecule has 0 amide bonds. The summed E-state index contributed by atoms with van der Waals surface area (Å²) >= 11 is 0. The van der Waals surface area contributed by atoms with Gasteiger partial charge in [0.05, 0.1) is 5.69 Å². The van der Waals surface area contributed by atoms with Crippen LogP contribution < -0.4 is 10.5 Å². The Morgan fingerprint density at radius 1 is 1.27 bits per heavy atom. The standard InChI is InChI=1S/C21H28N4O/c1-14-12-22-10-7-16(14)25-11-5-8-21(13-25)9-6-15-17(21)23-19(20(2,3)4)24-18(15)26/h7,10,12H,5-6,8-9,11,13H2,1-4H3,(H,23,24,26). The summed E-state index contributed by atoms with van der Waals surface area (Å²) < 4.78 is 0. The molecule has 5 heteroatoms. The predicted molar refractivity (Wildman–Crippen MR) is 104 cm³/mol. The molecule has 1 fully saturated rings. The number of aromatic nitrogens is 3. The number of hydrogen-bond donors (Lipinski definition) is 1. The van der Waals surface area contributed by atoms with Crippen LogP contribution in [0.5, 0.6) is 0 Å². The van der Waals surface area contributed by atoms with Crippen LogP contribution in [0.15, 0.2) is 23.3 Å². The van der Waals surface area contributed by atoms with E-state index in [1.54, 1.807) is 0 Å². The lowest BCUT2D eigenvalue weighted by atomic mass is 9.77. The van der Waals surface area contributed by atoms with Gasteiger partial charge in [-0.25, -0.2) is 4.98 Å². The molecule has 0 bridgehead atoms. The van der Waals surface area contributed by atoms with Crippen LogP contribution >= 0.6 is 0 Å². The van der Waals surface area contributed by atoms with Gasteiger partial charge in [-0.2, -0.15) is 0 Å². The third-order valence-electron chi connectivity index (χ3n) is 5.99. The van der Waals surface area contributed by atoms with Crippen molar-refractivity contribution in [2.24, 2.45) is 0 Å². The van der Waals surface area contributed by atoms with E-state index in [2.05, 4.69) is 48.6 Å². The van der Waals surface area contributed by atoms with E-state index in [4.69, 9.17) is 4.98 Å². The van der Waals surface area contributed by atoms with Gasteiger partial charge in [-0.3, -0.25) is 9.78 Å². The van der Waals surface area contributed by atoms with E-state index in [9.17, 15) is 4.79 Å². The lowest BCUT2D eigenvalue weighted by Crippen LogP contribution is -2.46. The SMILES string of the molecule is Cc1cnccc1N1CCCC2(CCc3c2nc(C(C)(C)C)[nH]c3=O)C1. The number of hydrogen-bond acceptors (Lipinski definition) is 4. The average molecular weight is 352 g/mol. The first-order valence-electron chi connectivity index (χ1n) is 9.60. The number of nitrogens with one attached hydrogen (secondary N) is 1. The Bertz CT molecular complexity index is 896. The molecular weight excluding hydrogens is 324 g/mol. The molecule has 3 heterocycles. The highest BCUT2D eigenvalue weighted by molar-refractivity contribution is 5.53. The zero-order valence-electron chi connectivity index (χ0n) is 16.2. The van der Waals surface area contributed by atoms with Gasteiger partial charge in [0.25, 0.3) is 5.56 Å². The normalized spacial score (nSPS) is 22.7. The van der Waals surface area contributed by atoms with Crippen LogP contribution in [0.4, 0.5) is 5.69 Å². The molecule has 1 aliphatic heterocycles. The van der Waals surface area contributed by atoms with Gasteiger partial charge in [-0.1, -0.05) is 20.8 Å². The molecule has 2 aliphatic rings. The number of aromatic amines is 1. The molecule has 2 aromatic rings. The lowest BCUT2D eigenvalue weighted by molar-refractivity contribution is 0.332. The van der Waals surface area contributed by atoms with Gasteiger partial charge in [0, 0.05) is 47.6 Å². The first-order chi connectivity index (χ1) is 12.3. The molecular formula is C21H28N4O. The van der Waals surface area contributed by atoms with Crippen LogP contribution in [0, 0.1) is 6.92 Å². The molecule has 1 spiro atoms. The molecule has 138 valence electrons. The van der Waals surface area contributed by atoms with E-state index in [1.807, 2.05) is 12.4 Å². The summed E-state index contributed by atoms with van der Waals surface area (Å²) in [5.74, 6) is 0.805. The van der Waals surface area contributed by atoms with Gasteiger partial charge in [0.2, 0.25) is 0 Å². The molecule has 5 nitrogen and oxygen atoms in total. The molecule has 1 saturated heterocycles. The van der Waals surface area contributed by atoms with Gasteiger partial charge in [-0.05, 0) is 44.2 Å². The summed E-state index contributed by atoms with van der Waals surface area (Å²) in [4.78, 5) is 27.4. The van der Waals surface area contributed by atoms with E-state index in [0.29, 0.717) is 0 Å². The van der Waals surface area contributed by atoms with E-state index in [0.717, 1.165) is 55.9 Å². The number of fused-ring (bicyclic) bond motifs is 2. The molecule has 4 rings (SSSR count). The predicted octanol–water partition coefficient (Wildman–Crippen LogP) is 3.26. The third-order valence-corrected chi connectivity index (χ3v) is 5.99. The summed E-state index contributed by atoms with van der Waals surface area (Å²) in [5.41, 5.74) is 4.33. The minimum atomic E-state index is -0.159. The maximum Gasteiger partial charge on any atom is 0.254 e. The summed E-state index contributed by atoms with van der Waals surface area (Å²) in [6.45, 7) is 10.4.